The largest absolute Gasteiger partial charge is 0.507 e. The average Bonchev–Trinajstić information content (AvgIpc) is 2.68. The van der Waals surface area contributed by atoms with Crippen LogP contribution in [0.25, 0.3) is 21.9 Å². The van der Waals surface area contributed by atoms with Crippen LogP contribution in [-0.4, -0.2) is 5.11 Å². The lowest BCUT2D eigenvalue weighted by atomic mass is 9.95. The molecule has 0 saturated carbocycles. The molecule has 98 valence electrons. The predicted molar refractivity (Wildman–Crippen MR) is 78.9 cm³/mol. The summed E-state index contributed by atoms with van der Waals surface area (Å²) in [6.45, 7) is 8.32. The minimum Gasteiger partial charge on any atom is -0.507 e. The third-order valence-corrected chi connectivity index (χ3v) is 3.70. The van der Waals surface area contributed by atoms with Gasteiger partial charge in [0.2, 0.25) is 0 Å². The van der Waals surface area contributed by atoms with Gasteiger partial charge in [-0.25, -0.2) is 0 Å². The summed E-state index contributed by atoms with van der Waals surface area (Å²) in [6, 6.07) is 8.00. The summed E-state index contributed by atoms with van der Waals surface area (Å²) in [4.78, 5) is 0. The zero-order valence-electron chi connectivity index (χ0n) is 11.7. The van der Waals surface area contributed by atoms with Crippen LogP contribution in [0.1, 0.15) is 36.5 Å². The Labute approximate surface area is 112 Å². The highest BCUT2D eigenvalue weighted by atomic mass is 16.3. The van der Waals surface area contributed by atoms with Gasteiger partial charge >= 0.3 is 0 Å². The van der Waals surface area contributed by atoms with Gasteiger partial charge in [0, 0.05) is 5.39 Å². The van der Waals surface area contributed by atoms with E-state index in [-0.39, 0.29) is 0 Å². The first-order chi connectivity index (χ1) is 8.99. The molecular formula is C17H18O2. The van der Waals surface area contributed by atoms with Crippen LogP contribution in [0.2, 0.25) is 0 Å². The van der Waals surface area contributed by atoms with E-state index in [9.17, 15) is 5.11 Å². The smallest absolute Gasteiger partial charge is 0.139 e. The molecule has 1 aromatic heterocycles. The molecule has 0 spiro atoms. The van der Waals surface area contributed by atoms with Crippen LogP contribution in [0.4, 0.5) is 0 Å². The zero-order valence-corrected chi connectivity index (χ0v) is 11.7. The van der Waals surface area contributed by atoms with Crippen LogP contribution in [0.5, 0.6) is 5.75 Å². The van der Waals surface area contributed by atoms with Crippen LogP contribution < -0.4 is 0 Å². The van der Waals surface area contributed by atoms with Gasteiger partial charge in [-0.3, -0.25) is 0 Å². The number of rotatable bonds is 1. The Morgan fingerprint density at radius 1 is 1.05 bits per heavy atom. The maximum Gasteiger partial charge on any atom is 0.139 e. The summed E-state index contributed by atoms with van der Waals surface area (Å²) in [5, 5.41) is 12.2. The predicted octanol–water partition coefficient (Wildman–Crippen LogP) is 5.03. The second-order valence-corrected chi connectivity index (χ2v) is 5.59. The molecule has 3 aromatic rings. The molecule has 0 unspecified atom stereocenters. The molecule has 1 N–H and O–H groups in total. The van der Waals surface area contributed by atoms with Crippen molar-refractivity contribution < 1.29 is 9.52 Å². The van der Waals surface area contributed by atoms with Gasteiger partial charge in [0.05, 0.1) is 5.39 Å². The lowest BCUT2D eigenvalue weighted by molar-refractivity contribution is 0.481. The number of aryl methyl sites for hydroxylation is 2. The van der Waals surface area contributed by atoms with Crippen molar-refractivity contribution in [1.29, 1.82) is 0 Å². The van der Waals surface area contributed by atoms with Crippen molar-refractivity contribution in [1.82, 2.24) is 0 Å². The van der Waals surface area contributed by atoms with E-state index in [0.29, 0.717) is 11.7 Å². The first-order valence-electron chi connectivity index (χ1n) is 6.64. The van der Waals surface area contributed by atoms with Gasteiger partial charge in [0.1, 0.15) is 16.9 Å². The van der Waals surface area contributed by atoms with Gasteiger partial charge in [-0.1, -0.05) is 26.0 Å². The van der Waals surface area contributed by atoms with E-state index in [4.69, 9.17) is 4.42 Å². The molecule has 0 aliphatic heterocycles. The van der Waals surface area contributed by atoms with E-state index in [1.807, 2.05) is 19.9 Å². The fourth-order valence-corrected chi connectivity index (χ4v) is 2.75. The van der Waals surface area contributed by atoms with Crippen molar-refractivity contribution in [2.75, 3.05) is 0 Å². The average molecular weight is 254 g/mol. The monoisotopic (exact) mass is 254 g/mol. The zero-order chi connectivity index (χ0) is 13.7. The second kappa shape index (κ2) is 4.02. The number of phenolic OH excluding ortho intramolecular Hbond substituents is 1. The Morgan fingerprint density at radius 2 is 1.79 bits per heavy atom. The SMILES string of the molecule is Cc1cc(O)c2c(c1)oc1c(C)ccc(C(C)C)c12. The number of furan rings is 1. The quantitative estimate of drug-likeness (QED) is 0.660. The lowest BCUT2D eigenvalue weighted by Gasteiger charge is -2.08. The molecule has 0 atom stereocenters. The minimum atomic E-state index is 0.307. The number of aromatic hydroxyl groups is 1. The van der Waals surface area contributed by atoms with Crippen molar-refractivity contribution in [3.05, 3.63) is 41.0 Å². The van der Waals surface area contributed by atoms with E-state index in [2.05, 4.69) is 26.0 Å². The molecule has 2 heteroatoms. The highest BCUT2D eigenvalue weighted by molar-refractivity contribution is 6.11. The minimum absolute atomic E-state index is 0.307. The Bertz CT molecular complexity index is 779. The van der Waals surface area contributed by atoms with Gasteiger partial charge in [-0.2, -0.15) is 0 Å². The fourth-order valence-electron chi connectivity index (χ4n) is 2.75. The second-order valence-electron chi connectivity index (χ2n) is 5.59. The summed E-state index contributed by atoms with van der Waals surface area (Å²) < 4.78 is 5.98. The van der Waals surface area contributed by atoms with Gasteiger partial charge in [0.15, 0.2) is 0 Å². The molecule has 0 saturated heterocycles. The van der Waals surface area contributed by atoms with Crippen molar-refractivity contribution in [2.24, 2.45) is 0 Å². The number of fused-ring (bicyclic) bond motifs is 3. The summed E-state index contributed by atoms with van der Waals surface area (Å²) in [5.74, 6) is 0.700. The molecule has 0 aliphatic rings. The van der Waals surface area contributed by atoms with Crippen LogP contribution in [0.15, 0.2) is 28.7 Å². The standard InChI is InChI=1S/C17H18O2/c1-9(2)12-6-5-11(4)17-15(12)16-13(18)7-10(3)8-14(16)19-17/h5-9,18H,1-4H3. The van der Waals surface area contributed by atoms with E-state index < -0.39 is 0 Å². The Balaban J connectivity index is 2.59. The molecule has 1 heterocycles. The fraction of sp³-hybridized carbons (Fsp3) is 0.294. The first-order valence-corrected chi connectivity index (χ1v) is 6.64. The molecule has 0 fully saturated rings. The highest BCUT2D eigenvalue weighted by Gasteiger charge is 2.17. The van der Waals surface area contributed by atoms with E-state index in [0.717, 1.165) is 33.1 Å². The van der Waals surface area contributed by atoms with Crippen LogP contribution in [-0.2, 0) is 0 Å². The van der Waals surface area contributed by atoms with Crippen molar-refractivity contribution >= 4 is 21.9 Å². The Morgan fingerprint density at radius 3 is 2.47 bits per heavy atom. The molecule has 2 nitrogen and oxygen atoms in total. The van der Waals surface area contributed by atoms with E-state index in [1.54, 1.807) is 6.07 Å². The third kappa shape index (κ3) is 1.71. The molecule has 0 radical (unpaired) electrons. The molecule has 3 rings (SSSR count). The molecule has 0 amide bonds. The van der Waals surface area contributed by atoms with Crippen LogP contribution in [0, 0.1) is 13.8 Å². The van der Waals surface area contributed by atoms with Crippen LogP contribution >= 0.6 is 0 Å². The van der Waals surface area contributed by atoms with Gasteiger partial charge in [0.25, 0.3) is 0 Å². The van der Waals surface area contributed by atoms with Gasteiger partial charge < -0.3 is 9.52 Å². The number of benzene rings is 2. The van der Waals surface area contributed by atoms with Gasteiger partial charge in [-0.15, -0.1) is 0 Å². The Hall–Kier alpha value is -1.96. The van der Waals surface area contributed by atoms with Crippen LogP contribution in [0.3, 0.4) is 0 Å². The summed E-state index contributed by atoms with van der Waals surface area (Å²) in [7, 11) is 0. The molecule has 2 aromatic carbocycles. The van der Waals surface area contributed by atoms with Crippen molar-refractivity contribution in [2.45, 2.75) is 33.6 Å². The highest BCUT2D eigenvalue weighted by Crippen LogP contribution is 2.40. The summed E-state index contributed by atoms with van der Waals surface area (Å²) in [6.07, 6.45) is 0. The van der Waals surface area contributed by atoms with E-state index >= 15 is 0 Å². The van der Waals surface area contributed by atoms with E-state index in [1.165, 1.54) is 5.56 Å². The summed E-state index contributed by atoms with van der Waals surface area (Å²) in [5.41, 5.74) is 4.99. The number of hydrogen-bond acceptors (Lipinski definition) is 2. The van der Waals surface area contributed by atoms with Crippen molar-refractivity contribution in [3.8, 4) is 5.75 Å². The number of phenols is 1. The molecule has 0 bridgehead atoms. The molecule has 0 aliphatic carbocycles. The summed E-state index contributed by atoms with van der Waals surface area (Å²) >= 11 is 0. The Kier molecular flexibility index (Phi) is 2.56. The lowest BCUT2D eigenvalue weighted by Crippen LogP contribution is -1.89. The molecular weight excluding hydrogens is 236 g/mol. The maximum atomic E-state index is 10.3. The van der Waals surface area contributed by atoms with Crippen molar-refractivity contribution in [3.63, 3.8) is 0 Å². The first kappa shape index (κ1) is 12.1. The maximum absolute atomic E-state index is 10.3. The third-order valence-electron chi connectivity index (χ3n) is 3.70. The normalized spacial score (nSPS) is 11.8. The number of hydrogen-bond donors (Lipinski definition) is 1. The topological polar surface area (TPSA) is 33.4 Å². The van der Waals surface area contributed by atoms with Gasteiger partial charge in [-0.05, 0) is 48.6 Å². The molecule has 19 heavy (non-hydrogen) atoms.